The normalized spacial score (nSPS) is 15.4. The average Bonchev–Trinajstić information content (AvgIpc) is 3.23. The van der Waals surface area contributed by atoms with Crippen molar-refractivity contribution in [2.24, 2.45) is 0 Å². The van der Waals surface area contributed by atoms with Gasteiger partial charge in [0.25, 0.3) is 0 Å². The zero-order valence-corrected chi connectivity index (χ0v) is 37.4. The topological polar surface area (TPSA) is 169 Å². The first-order chi connectivity index (χ1) is 29.1. The van der Waals surface area contributed by atoms with Gasteiger partial charge in [0.05, 0.1) is 25.9 Å². The predicted molar refractivity (Wildman–Crippen MR) is 243 cm³/mol. The minimum absolute atomic E-state index is 0.0759. The molecule has 0 rings (SSSR count). The molecule has 0 amide bonds. The molecule has 11 nitrogen and oxygen atoms in total. The Labute approximate surface area is 361 Å². The van der Waals surface area contributed by atoms with Gasteiger partial charge in [-0.3, -0.25) is 18.6 Å². The number of phosphoric acid groups is 1. The van der Waals surface area contributed by atoms with Crippen LogP contribution in [-0.2, 0) is 32.7 Å². The van der Waals surface area contributed by atoms with E-state index in [1.165, 1.54) is 38.5 Å². The molecule has 340 valence electrons. The fraction of sp³-hybridized carbons (Fsp3) is 0.583. The highest BCUT2D eigenvalue weighted by molar-refractivity contribution is 7.47. The lowest BCUT2D eigenvalue weighted by Crippen LogP contribution is -2.29. The molecule has 0 spiro atoms. The molecular formula is C48H77O11P. The molecular weight excluding hydrogens is 783 g/mol. The van der Waals surface area contributed by atoms with Gasteiger partial charge in [-0.15, -0.1) is 0 Å². The highest BCUT2D eigenvalue weighted by Gasteiger charge is 2.27. The van der Waals surface area contributed by atoms with Crippen molar-refractivity contribution in [1.82, 2.24) is 0 Å². The van der Waals surface area contributed by atoms with Crippen molar-refractivity contribution >= 4 is 19.8 Å². The van der Waals surface area contributed by atoms with Crippen LogP contribution >= 0.6 is 7.82 Å². The molecule has 0 aliphatic carbocycles. The third-order valence-electron chi connectivity index (χ3n) is 8.51. The molecule has 0 bridgehead atoms. The first-order valence-electron chi connectivity index (χ1n) is 22.0. The van der Waals surface area contributed by atoms with Crippen LogP contribution in [0.15, 0.2) is 109 Å². The van der Waals surface area contributed by atoms with Crippen LogP contribution in [-0.4, -0.2) is 76.9 Å². The van der Waals surface area contributed by atoms with Crippen molar-refractivity contribution in [3.63, 3.8) is 0 Å². The van der Waals surface area contributed by atoms with E-state index < -0.39 is 64.5 Å². The number of carbonyl (C=O) groups is 2. The zero-order valence-electron chi connectivity index (χ0n) is 36.5. The number of esters is 2. The summed E-state index contributed by atoms with van der Waals surface area (Å²) >= 11 is 0. The van der Waals surface area contributed by atoms with Crippen molar-refractivity contribution < 1.29 is 52.9 Å². The molecule has 12 heteroatoms. The van der Waals surface area contributed by atoms with E-state index in [9.17, 15) is 29.3 Å². The molecule has 4 N–H and O–H groups in total. The lowest BCUT2D eigenvalue weighted by molar-refractivity contribution is -0.161. The van der Waals surface area contributed by atoms with E-state index in [1.54, 1.807) is 6.08 Å². The van der Waals surface area contributed by atoms with Gasteiger partial charge in [-0.05, 0) is 77.0 Å². The molecule has 0 aromatic heterocycles. The summed E-state index contributed by atoms with van der Waals surface area (Å²) in [5.74, 6) is -1.13. The van der Waals surface area contributed by atoms with Crippen molar-refractivity contribution in [3.8, 4) is 0 Å². The van der Waals surface area contributed by atoms with Crippen LogP contribution in [0.4, 0.5) is 0 Å². The van der Waals surface area contributed by atoms with Gasteiger partial charge in [-0.1, -0.05) is 155 Å². The molecule has 0 heterocycles. The van der Waals surface area contributed by atoms with Crippen LogP contribution in [0, 0.1) is 0 Å². The second-order valence-electron chi connectivity index (χ2n) is 14.2. The van der Waals surface area contributed by atoms with Gasteiger partial charge < -0.3 is 29.7 Å². The molecule has 0 saturated carbocycles. The van der Waals surface area contributed by atoms with E-state index in [2.05, 4.69) is 54.8 Å². The summed E-state index contributed by atoms with van der Waals surface area (Å²) in [7, 11) is -4.67. The van der Waals surface area contributed by atoms with Gasteiger partial charge in [-0.25, -0.2) is 4.57 Å². The second-order valence-corrected chi connectivity index (χ2v) is 15.6. The summed E-state index contributed by atoms with van der Waals surface area (Å²) in [6.07, 6.45) is 49.6. The Morgan fingerprint density at radius 1 is 0.583 bits per heavy atom. The standard InChI is InChI=1S/C48H77O11P/c1-3-5-7-9-11-12-13-14-15-16-17-18-19-24-27-31-35-39-48(53)59-46(43-58-60(54,55)57-41-45(51)40-49)42-56-47(52)38-34-30-26-23-21-20-22-25-29-33-37-44(50)36-32-28-10-8-6-4-2/h6,8,14-15,17-18,20-21,24-30,32-33,37,44-46,49-51H,3-5,7,9-13,16,19,22-23,31,34-36,38-43H2,1-2H3,(H,54,55)/b8-6-,15-14-,18-17-,21-20-,27-24-,29-25-,30-26-,32-28-,37-33+/t44?,45-,46+/m0/s1. The van der Waals surface area contributed by atoms with Crippen molar-refractivity contribution in [1.29, 1.82) is 0 Å². The lowest BCUT2D eigenvalue weighted by Gasteiger charge is -2.20. The Balaban J connectivity index is 4.57. The maximum absolute atomic E-state index is 12.6. The average molecular weight is 861 g/mol. The van der Waals surface area contributed by atoms with E-state index in [0.29, 0.717) is 32.1 Å². The van der Waals surface area contributed by atoms with E-state index in [4.69, 9.17) is 19.1 Å². The molecule has 0 aliphatic rings. The van der Waals surface area contributed by atoms with Crippen LogP contribution in [0.2, 0.25) is 0 Å². The quantitative estimate of drug-likeness (QED) is 0.0153. The third kappa shape index (κ3) is 41.3. The largest absolute Gasteiger partial charge is 0.472 e. The monoisotopic (exact) mass is 861 g/mol. The molecule has 4 atom stereocenters. The number of carbonyl (C=O) groups excluding carboxylic acids is 2. The van der Waals surface area contributed by atoms with Crippen LogP contribution in [0.3, 0.4) is 0 Å². The molecule has 2 unspecified atom stereocenters. The zero-order chi connectivity index (χ0) is 44.2. The van der Waals surface area contributed by atoms with Crippen LogP contribution < -0.4 is 0 Å². The molecule has 60 heavy (non-hydrogen) atoms. The number of unbranched alkanes of at least 4 members (excludes halogenated alkanes) is 7. The molecule has 0 aromatic rings. The summed E-state index contributed by atoms with van der Waals surface area (Å²) in [6, 6.07) is 0. The van der Waals surface area contributed by atoms with Gasteiger partial charge in [-0.2, -0.15) is 0 Å². The summed E-state index contributed by atoms with van der Waals surface area (Å²) in [5, 5.41) is 28.3. The Morgan fingerprint density at radius 2 is 1.13 bits per heavy atom. The number of hydrogen-bond acceptors (Lipinski definition) is 10. The first kappa shape index (κ1) is 56.6. The lowest BCUT2D eigenvalue weighted by atomic mass is 10.1. The fourth-order valence-corrected chi connectivity index (χ4v) is 5.91. The van der Waals surface area contributed by atoms with Gasteiger partial charge in [0.1, 0.15) is 12.7 Å². The van der Waals surface area contributed by atoms with Crippen LogP contribution in [0.25, 0.3) is 0 Å². The minimum Gasteiger partial charge on any atom is -0.462 e. The molecule has 0 aromatic carbocycles. The smallest absolute Gasteiger partial charge is 0.462 e. The minimum atomic E-state index is -4.67. The number of rotatable bonds is 39. The van der Waals surface area contributed by atoms with Crippen LogP contribution in [0.5, 0.6) is 0 Å². The molecule has 0 saturated heterocycles. The van der Waals surface area contributed by atoms with Crippen LogP contribution in [0.1, 0.15) is 136 Å². The molecule has 0 aliphatic heterocycles. The molecule has 0 radical (unpaired) electrons. The first-order valence-corrected chi connectivity index (χ1v) is 23.4. The summed E-state index contributed by atoms with van der Waals surface area (Å²) in [5.41, 5.74) is 0. The van der Waals surface area contributed by atoms with Gasteiger partial charge in [0.2, 0.25) is 0 Å². The SMILES string of the molecule is CC/C=C\C/C=C\CC(O)/C=C/C=C\C/C=C\C/C=C\CCC(=O)OC[C@H](COP(=O)(O)OC[C@@H](O)CO)OC(=O)CCC/C=C\C/C=C\C/C=C\CCCCCCCC. The summed E-state index contributed by atoms with van der Waals surface area (Å²) < 4.78 is 32.5. The number of allylic oxidation sites excluding steroid dienone is 16. The Bertz CT molecular complexity index is 1380. The maximum atomic E-state index is 12.6. The van der Waals surface area contributed by atoms with E-state index in [-0.39, 0.29) is 12.8 Å². The molecule has 0 fully saturated rings. The Hall–Kier alpha value is -3.41. The van der Waals surface area contributed by atoms with E-state index in [0.717, 1.165) is 38.5 Å². The Morgan fingerprint density at radius 3 is 1.78 bits per heavy atom. The summed E-state index contributed by atoms with van der Waals surface area (Å²) in [4.78, 5) is 34.9. The maximum Gasteiger partial charge on any atom is 0.472 e. The van der Waals surface area contributed by atoms with E-state index >= 15 is 0 Å². The number of aliphatic hydroxyl groups is 3. The highest BCUT2D eigenvalue weighted by atomic mass is 31.2. The number of ether oxygens (including phenoxy) is 2. The highest BCUT2D eigenvalue weighted by Crippen LogP contribution is 2.43. The predicted octanol–water partition coefficient (Wildman–Crippen LogP) is 10.7. The Kier molecular flexibility index (Phi) is 39.9. The van der Waals surface area contributed by atoms with Gasteiger partial charge >= 0.3 is 19.8 Å². The number of hydrogen-bond donors (Lipinski definition) is 4. The fourth-order valence-electron chi connectivity index (χ4n) is 5.12. The van der Waals surface area contributed by atoms with Crippen molar-refractivity contribution in [3.05, 3.63) is 109 Å². The van der Waals surface area contributed by atoms with Gasteiger partial charge in [0, 0.05) is 12.8 Å². The van der Waals surface area contributed by atoms with Gasteiger partial charge in [0.15, 0.2) is 6.10 Å². The third-order valence-corrected chi connectivity index (χ3v) is 9.46. The van der Waals surface area contributed by atoms with Crippen molar-refractivity contribution in [2.45, 2.75) is 154 Å². The number of aliphatic hydroxyl groups excluding tert-OH is 3. The summed E-state index contributed by atoms with van der Waals surface area (Å²) in [6.45, 7) is 2.01. The number of phosphoric ester groups is 1. The second kappa shape index (κ2) is 42.3. The van der Waals surface area contributed by atoms with Crippen molar-refractivity contribution in [2.75, 3.05) is 26.4 Å². The van der Waals surface area contributed by atoms with E-state index in [1.807, 2.05) is 66.8 Å².